The molecule has 0 aromatic carbocycles. The number of halogens is 3. The number of nitrogens with zero attached hydrogens (tertiary/aromatic N) is 1. The van der Waals surface area contributed by atoms with Crippen LogP contribution >= 0.6 is 11.3 Å². The van der Waals surface area contributed by atoms with Crippen LogP contribution in [0.4, 0.5) is 13.2 Å². The Bertz CT molecular complexity index is 338. The van der Waals surface area contributed by atoms with Crippen LogP contribution in [0.3, 0.4) is 0 Å². The Morgan fingerprint density at radius 3 is 2.62 bits per heavy atom. The number of aliphatic hydroxyl groups is 1. The van der Waals surface area contributed by atoms with Gasteiger partial charge in [-0.2, -0.15) is 13.2 Å². The summed E-state index contributed by atoms with van der Waals surface area (Å²) in [6, 6.07) is 0. The normalized spacial score (nSPS) is 13.8. The molecule has 70 valence electrons. The molecule has 1 unspecified atom stereocenters. The molecule has 0 saturated carbocycles. The van der Waals surface area contributed by atoms with Gasteiger partial charge in [0.15, 0.2) is 11.1 Å². The third kappa shape index (κ3) is 2.20. The first-order valence-corrected chi connectivity index (χ1v) is 4.00. The minimum Gasteiger partial charge on any atom is -0.374 e. The zero-order chi connectivity index (χ0) is 10.1. The third-order valence-corrected chi connectivity index (χ3v) is 2.11. The van der Waals surface area contributed by atoms with Gasteiger partial charge in [-0.05, 0) is 0 Å². The molecule has 0 amide bonds. The average molecular weight is 207 g/mol. The Kier molecular flexibility index (Phi) is 2.59. The number of hydrogen-bond donors (Lipinski definition) is 1. The van der Waals surface area contributed by atoms with Crippen LogP contribution in [0.2, 0.25) is 0 Å². The largest absolute Gasteiger partial charge is 0.443 e. The summed E-state index contributed by atoms with van der Waals surface area (Å²) in [6.45, 7) is 0. The molecule has 13 heavy (non-hydrogen) atoms. The molecule has 2 nitrogen and oxygen atoms in total. The van der Waals surface area contributed by atoms with E-state index >= 15 is 0 Å². The molecule has 1 rings (SSSR count). The Hall–Kier alpha value is -1.06. The Morgan fingerprint density at radius 2 is 2.23 bits per heavy atom. The summed E-state index contributed by atoms with van der Waals surface area (Å²) in [5, 5.41) is 9.04. The van der Waals surface area contributed by atoms with Crippen molar-refractivity contribution >= 4 is 11.3 Å². The highest BCUT2D eigenvalue weighted by Crippen LogP contribution is 2.32. The fraction of sp³-hybridized carbons (Fsp3) is 0.286. The van der Waals surface area contributed by atoms with Gasteiger partial charge >= 0.3 is 6.18 Å². The minimum absolute atomic E-state index is 0.139. The summed E-state index contributed by atoms with van der Waals surface area (Å²) in [4.78, 5) is 3.15. The molecule has 0 aliphatic heterocycles. The summed E-state index contributed by atoms with van der Waals surface area (Å²) in [6.07, 6.45) is -1.04. The van der Waals surface area contributed by atoms with Gasteiger partial charge in [0.05, 0.1) is 5.69 Å². The second-order valence-corrected chi connectivity index (χ2v) is 3.00. The van der Waals surface area contributed by atoms with Crippen molar-refractivity contribution in [2.45, 2.75) is 12.3 Å². The second kappa shape index (κ2) is 3.36. The number of rotatable bonds is 1. The van der Waals surface area contributed by atoms with Crippen molar-refractivity contribution in [2.75, 3.05) is 0 Å². The van der Waals surface area contributed by atoms with Crippen LogP contribution in [0.5, 0.6) is 0 Å². The molecular weight excluding hydrogens is 203 g/mol. The smallest absolute Gasteiger partial charge is 0.374 e. The summed E-state index contributed by atoms with van der Waals surface area (Å²) in [7, 11) is 0. The van der Waals surface area contributed by atoms with Crippen molar-refractivity contribution in [2.24, 2.45) is 0 Å². The number of aliphatic hydroxyl groups excluding tert-OH is 1. The van der Waals surface area contributed by atoms with Gasteiger partial charge in [0.1, 0.15) is 0 Å². The molecular formula is C7H4F3NOS. The van der Waals surface area contributed by atoms with Crippen LogP contribution in [0.1, 0.15) is 16.8 Å². The van der Waals surface area contributed by atoms with Crippen LogP contribution in [-0.4, -0.2) is 10.1 Å². The quantitative estimate of drug-likeness (QED) is 0.712. The van der Waals surface area contributed by atoms with Crippen molar-refractivity contribution in [1.82, 2.24) is 4.98 Å². The average Bonchev–Trinajstić information content (AvgIpc) is 2.50. The number of aromatic nitrogens is 1. The van der Waals surface area contributed by atoms with Gasteiger partial charge in [-0.1, -0.05) is 5.92 Å². The predicted molar refractivity (Wildman–Crippen MR) is 40.9 cm³/mol. The molecule has 1 heterocycles. The molecule has 0 saturated heterocycles. The van der Waals surface area contributed by atoms with Gasteiger partial charge in [-0.25, -0.2) is 4.98 Å². The predicted octanol–water partition coefficient (Wildman–Crippen LogP) is 1.83. The molecule has 1 N–H and O–H groups in total. The fourth-order valence-electron chi connectivity index (χ4n) is 0.627. The van der Waals surface area contributed by atoms with Crippen molar-refractivity contribution in [3.8, 4) is 12.3 Å². The van der Waals surface area contributed by atoms with Crippen LogP contribution in [0.25, 0.3) is 0 Å². The van der Waals surface area contributed by atoms with Crippen molar-refractivity contribution in [3.05, 3.63) is 16.1 Å². The van der Waals surface area contributed by atoms with Gasteiger partial charge in [-0.3, -0.25) is 0 Å². The van der Waals surface area contributed by atoms with Crippen LogP contribution in [0, 0.1) is 12.3 Å². The first kappa shape index (κ1) is 10.0. The maximum Gasteiger partial charge on any atom is 0.443 e. The van der Waals surface area contributed by atoms with Crippen LogP contribution in [0.15, 0.2) is 5.38 Å². The molecule has 6 heteroatoms. The van der Waals surface area contributed by atoms with E-state index in [1.165, 1.54) is 0 Å². The van der Waals surface area contributed by atoms with E-state index in [2.05, 4.69) is 4.98 Å². The SMILES string of the molecule is C#CC(O)c1csc(C(F)(F)F)n1. The van der Waals surface area contributed by atoms with E-state index in [1.807, 2.05) is 5.92 Å². The number of terminal acetylenes is 1. The maximum absolute atomic E-state index is 12.0. The highest BCUT2D eigenvalue weighted by molar-refractivity contribution is 7.09. The lowest BCUT2D eigenvalue weighted by molar-refractivity contribution is -0.137. The molecule has 0 radical (unpaired) electrons. The topological polar surface area (TPSA) is 33.1 Å². The maximum atomic E-state index is 12.0. The lowest BCUT2D eigenvalue weighted by Crippen LogP contribution is -2.05. The Labute approximate surface area is 76.0 Å². The minimum atomic E-state index is -4.47. The van der Waals surface area contributed by atoms with Crippen molar-refractivity contribution < 1.29 is 18.3 Å². The lowest BCUT2D eigenvalue weighted by Gasteiger charge is -2.00. The fourth-order valence-corrected chi connectivity index (χ4v) is 1.33. The molecule has 1 aromatic heterocycles. The number of alkyl halides is 3. The number of hydrogen-bond acceptors (Lipinski definition) is 3. The van der Waals surface area contributed by atoms with Crippen LogP contribution < -0.4 is 0 Å². The Morgan fingerprint density at radius 1 is 1.62 bits per heavy atom. The van der Waals surface area contributed by atoms with Crippen molar-refractivity contribution in [1.29, 1.82) is 0 Å². The molecule has 0 aliphatic rings. The molecule has 0 spiro atoms. The molecule has 0 fully saturated rings. The van der Waals surface area contributed by atoms with Gasteiger partial charge in [0.25, 0.3) is 0 Å². The molecule has 0 bridgehead atoms. The molecule has 1 aromatic rings. The van der Waals surface area contributed by atoms with E-state index in [9.17, 15) is 13.2 Å². The van der Waals surface area contributed by atoms with E-state index in [1.54, 1.807) is 0 Å². The first-order valence-electron chi connectivity index (χ1n) is 3.12. The van der Waals surface area contributed by atoms with Crippen LogP contribution in [-0.2, 0) is 6.18 Å². The third-order valence-electron chi connectivity index (χ3n) is 1.20. The molecule has 0 aliphatic carbocycles. The van der Waals surface area contributed by atoms with Crippen molar-refractivity contribution in [3.63, 3.8) is 0 Å². The zero-order valence-electron chi connectivity index (χ0n) is 6.17. The van der Waals surface area contributed by atoms with E-state index in [0.717, 1.165) is 5.38 Å². The number of thiazole rings is 1. The van der Waals surface area contributed by atoms with Gasteiger partial charge < -0.3 is 5.11 Å². The standard InChI is InChI=1S/C7H4F3NOS/c1-2-5(12)4-3-13-6(11-4)7(8,9)10/h1,3,5,12H. The summed E-state index contributed by atoms with van der Waals surface area (Å²) < 4.78 is 35.9. The lowest BCUT2D eigenvalue weighted by atomic mass is 10.3. The van der Waals surface area contributed by atoms with E-state index in [-0.39, 0.29) is 5.69 Å². The summed E-state index contributed by atoms with van der Waals surface area (Å²) in [5.41, 5.74) is -0.139. The van der Waals surface area contributed by atoms with Gasteiger partial charge in [0.2, 0.25) is 0 Å². The zero-order valence-corrected chi connectivity index (χ0v) is 6.99. The second-order valence-electron chi connectivity index (χ2n) is 2.14. The summed E-state index contributed by atoms with van der Waals surface area (Å²) in [5.74, 6) is 1.88. The highest BCUT2D eigenvalue weighted by Gasteiger charge is 2.34. The van der Waals surface area contributed by atoms with E-state index in [0.29, 0.717) is 11.3 Å². The Balaban J connectivity index is 2.95. The molecule has 1 atom stereocenters. The van der Waals surface area contributed by atoms with E-state index in [4.69, 9.17) is 11.5 Å². The first-order chi connectivity index (χ1) is 5.95. The van der Waals surface area contributed by atoms with Gasteiger partial charge in [0, 0.05) is 5.38 Å². The van der Waals surface area contributed by atoms with Gasteiger partial charge in [-0.15, -0.1) is 17.8 Å². The van der Waals surface area contributed by atoms with E-state index < -0.39 is 17.3 Å². The monoisotopic (exact) mass is 207 g/mol. The summed E-state index contributed by atoms with van der Waals surface area (Å²) >= 11 is 0.409. The highest BCUT2D eigenvalue weighted by atomic mass is 32.1.